The van der Waals surface area contributed by atoms with Gasteiger partial charge >= 0.3 is 0 Å². The summed E-state index contributed by atoms with van der Waals surface area (Å²) >= 11 is 0. The highest BCUT2D eigenvalue weighted by atomic mass is 16.1. The maximum Gasteiger partial charge on any atom is 0.209 e. The Hall–Kier alpha value is -0.790. The Bertz CT molecular complexity index is 140. The summed E-state index contributed by atoms with van der Waals surface area (Å²) in [6.07, 6.45) is 6.57. The molecular weight excluding hydrogens is 138 g/mol. The SMILES string of the molecule is C=CCN(C=O)CCC1CC1. The van der Waals surface area contributed by atoms with Crippen LogP contribution < -0.4 is 0 Å². The van der Waals surface area contributed by atoms with E-state index < -0.39 is 0 Å². The predicted octanol–water partition coefficient (Wildman–Crippen LogP) is 1.43. The summed E-state index contributed by atoms with van der Waals surface area (Å²) in [7, 11) is 0. The minimum atomic E-state index is 0.691. The van der Waals surface area contributed by atoms with Crippen LogP contribution in [0.2, 0.25) is 0 Å². The van der Waals surface area contributed by atoms with E-state index in [0.717, 1.165) is 18.9 Å². The third-order valence-electron chi connectivity index (χ3n) is 2.03. The molecule has 1 rings (SSSR count). The van der Waals surface area contributed by atoms with Crippen molar-refractivity contribution in [1.82, 2.24) is 4.90 Å². The molecule has 0 radical (unpaired) electrons. The topological polar surface area (TPSA) is 20.3 Å². The predicted molar refractivity (Wildman–Crippen MR) is 45.2 cm³/mol. The lowest BCUT2D eigenvalue weighted by molar-refractivity contribution is -0.117. The van der Waals surface area contributed by atoms with Crippen molar-refractivity contribution < 1.29 is 4.79 Å². The van der Waals surface area contributed by atoms with Crippen molar-refractivity contribution in [2.24, 2.45) is 5.92 Å². The Morgan fingerprint density at radius 3 is 2.73 bits per heavy atom. The lowest BCUT2D eigenvalue weighted by Gasteiger charge is -2.13. The number of nitrogens with zero attached hydrogens (tertiary/aromatic N) is 1. The molecule has 0 aromatic carbocycles. The summed E-state index contributed by atoms with van der Waals surface area (Å²) < 4.78 is 0. The highest BCUT2D eigenvalue weighted by Crippen LogP contribution is 2.32. The van der Waals surface area contributed by atoms with Crippen molar-refractivity contribution in [1.29, 1.82) is 0 Å². The first-order valence-electron chi connectivity index (χ1n) is 4.17. The van der Waals surface area contributed by atoms with E-state index >= 15 is 0 Å². The number of hydrogen-bond donors (Lipinski definition) is 0. The van der Waals surface area contributed by atoms with E-state index in [2.05, 4.69) is 6.58 Å². The summed E-state index contributed by atoms with van der Waals surface area (Å²) in [5.41, 5.74) is 0. The highest BCUT2D eigenvalue weighted by molar-refractivity contribution is 5.47. The Kier molecular flexibility index (Phi) is 3.14. The van der Waals surface area contributed by atoms with Gasteiger partial charge in [0.05, 0.1) is 0 Å². The zero-order chi connectivity index (χ0) is 8.10. The van der Waals surface area contributed by atoms with E-state index in [1.165, 1.54) is 19.3 Å². The average molecular weight is 153 g/mol. The second-order valence-corrected chi connectivity index (χ2v) is 3.12. The van der Waals surface area contributed by atoms with Gasteiger partial charge in [0.25, 0.3) is 0 Å². The van der Waals surface area contributed by atoms with Gasteiger partial charge in [-0.05, 0) is 12.3 Å². The van der Waals surface area contributed by atoms with Gasteiger partial charge in [-0.1, -0.05) is 18.9 Å². The van der Waals surface area contributed by atoms with E-state index in [1.54, 1.807) is 11.0 Å². The third-order valence-corrected chi connectivity index (χ3v) is 2.03. The van der Waals surface area contributed by atoms with Crippen LogP contribution in [0.3, 0.4) is 0 Å². The van der Waals surface area contributed by atoms with E-state index in [-0.39, 0.29) is 0 Å². The zero-order valence-corrected chi connectivity index (χ0v) is 6.83. The first-order valence-corrected chi connectivity index (χ1v) is 4.17. The summed E-state index contributed by atoms with van der Waals surface area (Å²) in [4.78, 5) is 12.2. The molecule has 0 spiro atoms. The molecule has 0 heterocycles. The molecule has 11 heavy (non-hydrogen) atoms. The molecular formula is C9H15NO. The normalized spacial score (nSPS) is 16.0. The Morgan fingerprint density at radius 1 is 1.55 bits per heavy atom. The quantitative estimate of drug-likeness (QED) is 0.417. The number of hydrogen-bond acceptors (Lipinski definition) is 1. The second-order valence-electron chi connectivity index (χ2n) is 3.12. The second kappa shape index (κ2) is 4.16. The molecule has 1 fully saturated rings. The molecule has 2 heteroatoms. The van der Waals surface area contributed by atoms with Gasteiger partial charge in [0, 0.05) is 13.1 Å². The van der Waals surface area contributed by atoms with Crippen LogP contribution in [0, 0.1) is 5.92 Å². The molecule has 0 aromatic heterocycles. The Balaban J connectivity index is 2.07. The number of carbonyl (C=O) groups is 1. The van der Waals surface area contributed by atoms with Crippen LogP contribution in [-0.2, 0) is 4.79 Å². The van der Waals surface area contributed by atoms with Gasteiger partial charge in [-0.2, -0.15) is 0 Å². The van der Waals surface area contributed by atoms with Crippen LogP contribution in [-0.4, -0.2) is 24.4 Å². The van der Waals surface area contributed by atoms with Crippen LogP contribution in [0.1, 0.15) is 19.3 Å². The molecule has 62 valence electrons. The van der Waals surface area contributed by atoms with Gasteiger partial charge in [0.15, 0.2) is 0 Å². The maximum atomic E-state index is 10.4. The molecule has 1 amide bonds. The smallest absolute Gasteiger partial charge is 0.209 e. The fourth-order valence-corrected chi connectivity index (χ4v) is 1.11. The average Bonchev–Trinajstić information content (AvgIpc) is 2.81. The molecule has 0 unspecified atom stereocenters. The number of rotatable bonds is 6. The monoisotopic (exact) mass is 153 g/mol. The molecule has 0 aromatic rings. The minimum absolute atomic E-state index is 0.691. The third kappa shape index (κ3) is 3.21. The molecule has 1 aliphatic carbocycles. The van der Waals surface area contributed by atoms with E-state index in [0.29, 0.717) is 6.54 Å². The molecule has 0 atom stereocenters. The van der Waals surface area contributed by atoms with Gasteiger partial charge in [-0.25, -0.2) is 0 Å². The zero-order valence-electron chi connectivity index (χ0n) is 6.83. The van der Waals surface area contributed by atoms with Crippen molar-refractivity contribution in [3.8, 4) is 0 Å². The summed E-state index contributed by atoms with van der Waals surface area (Å²) in [5, 5.41) is 0. The lowest BCUT2D eigenvalue weighted by atomic mass is 10.3. The standard InChI is InChI=1S/C9H15NO/c1-2-6-10(8-11)7-5-9-3-4-9/h2,8-9H,1,3-7H2. The van der Waals surface area contributed by atoms with Gasteiger partial charge in [-0.3, -0.25) is 4.79 Å². The van der Waals surface area contributed by atoms with Crippen LogP contribution >= 0.6 is 0 Å². The van der Waals surface area contributed by atoms with Gasteiger partial charge in [-0.15, -0.1) is 6.58 Å². The fraction of sp³-hybridized carbons (Fsp3) is 0.667. The van der Waals surface area contributed by atoms with Crippen molar-refractivity contribution in [3.63, 3.8) is 0 Å². The van der Waals surface area contributed by atoms with Gasteiger partial charge in [0.2, 0.25) is 6.41 Å². The van der Waals surface area contributed by atoms with Crippen LogP contribution in [0.25, 0.3) is 0 Å². The summed E-state index contributed by atoms with van der Waals surface area (Å²) in [6.45, 7) is 5.18. The number of amides is 1. The molecule has 0 bridgehead atoms. The molecule has 2 nitrogen and oxygen atoms in total. The van der Waals surface area contributed by atoms with Crippen LogP contribution in [0.15, 0.2) is 12.7 Å². The molecule has 0 N–H and O–H groups in total. The lowest BCUT2D eigenvalue weighted by Crippen LogP contribution is -2.23. The Labute approximate surface area is 67.9 Å². The number of carbonyl (C=O) groups excluding carboxylic acids is 1. The van der Waals surface area contributed by atoms with E-state index in [1.807, 2.05) is 0 Å². The highest BCUT2D eigenvalue weighted by Gasteiger charge is 2.21. The first kappa shape index (κ1) is 8.31. The molecule has 1 aliphatic rings. The van der Waals surface area contributed by atoms with Crippen molar-refractivity contribution in [2.45, 2.75) is 19.3 Å². The van der Waals surface area contributed by atoms with Crippen LogP contribution in [0.4, 0.5) is 0 Å². The summed E-state index contributed by atoms with van der Waals surface area (Å²) in [5.74, 6) is 0.905. The molecule has 0 aliphatic heterocycles. The minimum Gasteiger partial charge on any atom is -0.342 e. The summed E-state index contributed by atoms with van der Waals surface area (Å²) in [6, 6.07) is 0. The van der Waals surface area contributed by atoms with Crippen molar-refractivity contribution in [3.05, 3.63) is 12.7 Å². The Morgan fingerprint density at radius 2 is 2.27 bits per heavy atom. The van der Waals surface area contributed by atoms with E-state index in [9.17, 15) is 4.79 Å². The van der Waals surface area contributed by atoms with Crippen molar-refractivity contribution >= 4 is 6.41 Å². The maximum absolute atomic E-state index is 10.4. The van der Waals surface area contributed by atoms with Gasteiger partial charge in [0.1, 0.15) is 0 Å². The molecule has 1 saturated carbocycles. The van der Waals surface area contributed by atoms with Crippen molar-refractivity contribution in [2.75, 3.05) is 13.1 Å². The molecule has 0 saturated heterocycles. The fourth-order valence-electron chi connectivity index (χ4n) is 1.11. The first-order chi connectivity index (χ1) is 5.36. The van der Waals surface area contributed by atoms with Crippen LogP contribution in [0.5, 0.6) is 0 Å². The van der Waals surface area contributed by atoms with E-state index in [4.69, 9.17) is 0 Å². The van der Waals surface area contributed by atoms with Gasteiger partial charge < -0.3 is 4.90 Å². The largest absolute Gasteiger partial charge is 0.342 e.